The number of hydrogen-bond acceptors (Lipinski definition) is 2. The summed E-state index contributed by atoms with van der Waals surface area (Å²) in [6.45, 7) is 0. The standard InChI is InChI=1S/C10H6F7NO2/c11-6-3-4(1-2-5(6)9(12,13)14)8(18,7(19)20)10(15,16)17/h1-3H,18H2,(H,19,20). The van der Waals surface area contributed by atoms with Gasteiger partial charge in [-0.2, -0.15) is 26.3 Å². The minimum atomic E-state index is -5.52. The average molecular weight is 305 g/mol. The molecule has 0 saturated carbocycles. The Bertz CT molecular complexity index is 537. The molecule has 1 atom stereocenters. The maximum absolute atomic E-state index is 13.2. The van der Waals surface area contributed by atoms with Gasteiger partial charge < -0.3 is 10.8 Å². The van der Waals surface area contributed by atoms with Gasteiger partial charge in [-0.05, 0) is 17.7 Å². The lowest BCUT2D eigenvalue weighted by atomic mass is 9.89. The predicted octanol–water partition coefficient (Wildman–Crippen LogP) is 2.65. The molecule has 10 heteroatoms. The van der Waals surface area contributed by atoms with Gasteiger partial charge in [-0.15, -0.1) is 0 Å². The lowest BCUT2D eigenvalue weighted by molar-refractivity contribution is -0.204. The summed E-state index contributed by atoms with van der Waals surface area (Å²) >= 11 is 0. The second-order valence-electron chi connectivity index (χ2n) is 3.80. The minimum absolute atomic E-state index is 0.000949. The normalized spacial score (nSPS) is 15.8. The first kappa shape index (κ1) is 16.2. The molecule has 0 heterocycles. The third-order valence-electron chi connectivity index (χ3n) is 2.51. The summed E-state index contributed by atoms with van der Waals surface area (Å²) in [5.41, 5.74) is -2.47. The third-order valence-corrected chi connectivity index (χ3v) is 2.51. The van der Waals surface area contributed by atoms with E-state index in [0.29, 0.717) is 0 Å². The zero-order valence-electron chi connectivity index (χ0n) is 9.31. The summed E-state index contributed by atoms with van der Waals surface area (Å²) < 4.78 is 87.9. The van der Waals surface area contributed by atoms with Crippen molar-refractivity contribution in [2.75, 3.05) is 0 Å². The van der Waals surface area contributed by atoms with Crippen LogP contribution in [0.2, 0.25) is 0 Å². The summed E-state index contributed by atoms with van der Waals surface area (Å²) in [7, 11) is 0. The molecule has 0 bridgehead atoms. The number of rotatable bonds is 2. The molecule has 0 aliphatic carbocycles. The molecule has 0 amide bonds. The molecule has 3 N–H and O–H groups in total. The van der Waals surface area contributed by atoms with E-state index >= 15 is 0 Å². The van der Waals surface area contributed by atoms with Crippen LogP contribution in [0.5, 0.6) is 0 Å². The number of benzene rings is 1. The molecular formula is C10H6F7NO2. The van der Waals surface area contributed by atoms with Crippen molar-refractivity contribution in [2.45, 2.75) is 17.9 Å². The van der Waals surface area contributed by atoms with Crippen molar-refractivity contribution in [1.29, 1.82) is 0 Å². The van der Waals surface area contributed by atoms with Gasteiger partial charge in [0.1, 0.15) is 5.82 Å². The average Bonchev–Trinajstić information content (AvgIpc) is 2.23. The Morgan fingerprint density at radius 3 is 1.90 bits per heavy atom. The van der Waals surface area contributed by atoms with E-state index < -0.39 is 40.8 Å². The number of carboxylic acid groups (broad SMARTS) is 1. The Morgan fingerprint density at radius 2 is 1.60 bits per heavy atom. The summed E-state index contributed by atoms with van der Waals surface area (Å²) in [6.07, 6.45) is -10.6. The topological polar surface area (TPSA) is 63.3 Å². The van der Waals surface area contributed by atoms with Crippen LogP contribution in [0.4, 0.5) is 30.7 Å². The van der Waals surface area contributed by atoms with Crippen molar-refractivity contribution in [3.63, 3.8) is 0 Å². The van der Waals surface area contributed by atoms with Crippen LogP contribution >= 0.6 is 0 Å². The van der Waals surface area contributed by atoms with E-state index in [2.05, 4.69) is 0 Å². The minimum Gasteiger partial charge on any atom is -0.479 e. The molecular weight excluding hydrogens is 299 g/mol. The molecule has 1 rings (SSSR count). The van der Waals surface area contributed by atoms with E-state index in [9.17, 15) is 35.5 Å². The Hall–Kier alpha value is -1.84. The highest BCUT2D eigenvalue weighted by Crippen LogP contribution is 2.39. The maximum atomic E-state index is 13.2. The van der Waals surface area contributed by atoms with Gasteiger partial charge in [0.2, 0.25) is 5.54 Å². The van der Waals surface area contributed by atoms with Crippen molar-refractivity contribution < 1.29 is 40.6 Å². The van der Waals surface area contributed by atoms with Gasteiger partial charge in [0.25, 0.3) is 0 Å². The quantitative estimate of drug-likeness (QED) is 0.826. The Balaban J connectivity index is 3.48. The SMILES string of the molecule is NC(C(=O)O)(c1ccc(C(F)(F)F)c(F)c1)C(F)(F)F. The summed E-state index contributed by atoms with van der Waals surface area (Å²) in [5, 5.41) is 8.55. The van der Waals surface area contributed by atoms with Gasteiger partial charge in [0.05, 0.1) is 5.56 Å². The van der Waals surface area contributed by atoms with Crippen molar-refractivity contribution in [3.05, 3.63) is 35.1 Å². The first-order chi connectivity index (χ1) is 8.81. The van der Waals surface area contributed by atoms with Gasteiger partial charge in [-0.1, -0.05) is 6.07 Å². The fraction of sp³-hybridized carbons (Fsp3) is 0.300. The van der Waals surface area contributed by atoms with Crippen LogP contribution in [0.1, 0.15) is 11.1 Å². The fourth-order valence-electron chi connectivity index (χ4n) is 1.40. The smallest absolute Gasteiger partial charge is 0.421 e. The van der Waals surface area contributed by atoms with Gasteiger partial charge in [0.15, 0.2) is 0 Å². The van der Waals surface area contributed by atoms with E-state index in [1.807, 2.05) is 0 Å². The third kappa shape index (κ3) is 2.55. The number of hydrogen-bond donors (Lipinski definition) is 2. The lowest BCUT2D eigenvalue weighted by Crippen LogP contribution is -2.56. The van der Waals surface area contributed by atoms with E-state index in [4.69, 9.17) is 10.8 Å². The van der Waals surface area contributed by atoms with Crippen LogP contribution in [0, 0.1) is 5.82 Å². The molecule has 1 aromatic carbocycles. The lowest BCUT2D eigenvalue weighted by Gasteiger charge is -2.28. The van der Waals surface area contributed by atoms with E-state index in [1.54, 1.807) is 0 Å². The second-order valence-corrected chi connectivity index (χ2v) is 3.80. The van der Waals surface area contributed by atoms with Crippen LogP contribution in [-0.2, 0) is 16.5 Å². The number of carboxylic acids is 1. The zero-order valence-corrected chi connectivity index (χ0v) is 9.31. The molecule has 20 heavy (non-hydrogen) atoms. The van der Waals surface area contributed by atoms with Crippen molar-refractivity contribution in [2.24, 2.45) is 5.73 Å². The predicted molar refractivity (Wildman–Crippen MR) is 51.0 cm³/mol. The van der Waals surface area contributed by atoms with E-state index in [0.717, 1.165) is 0 Å². The van der Waals surface area contributed by atoms with Gasteiger partial charge in [-0.3, -0.25) is 0 Å². The molecule has 0 aliphatic heterocycles. The Morgan fingerprint density at radius 1 is 1.10 bits per heavy atom. The molecule has 0 aliphatic rings. The van der Waals surface area contributed by atoms with E-state index in [1.165, 1.54) is 0 Å². The zero-order chi connectivity index (χ0) is 15.9. The molecule has 112 valence electrons. The second kappa shape index (κ2) is 4.62. The number of carbonyl (C=O) groups is 1. The molecule has 0 spiro atoms. The maximum Gasteiger partial charge on any atom is 0.421 e. The van der Waals surface area contributed by atoms with E-state index in [-0.39, 0.29) is 18.2 Å². The Labute approximate surface area is 106 Å². The molecule has 1 aromatic rings. The summed E-state index contributed by atoms with van der Waals surface area (Å²) in [5.74, 6) is -4.61. The van der Waals surface area contributed by atoms with Crippen molar-refractivity contribution in [1.82, 2.24) is 0 Å². The highest BCUT2D eigenvalue weighted by molar-refractivity contribution is 5.81. The first-order valence-corrected chi connectivity index (χ1v) is 4.78. The number of nitrogens with two attached hydrogens (primary N) is 1. The highest BCUT2D eigenvalue weighted by atomic mass is 19.4. The van der Waals surface area contributed by atoms with Crippen LogP contribution in [0.25, 0.3) is 0 Å². The molecule has 1 unspecified atom stereocenters. The molecule has 0 saturated heterocycles. The molecule has 0 aromatic heterocycles. The summed E-state index contributed by atoms with van der Waals surface area (Å²) in [6, 6.07) is -0.0150. The van der Waals surface area contributed by atoms with Gasteiger partial charge in [0, 0.05) is 0 Å². The van der Waals surface area contributed by atoms with Gasteiger partial charge >= 0.3 is 18.3 Å². The molecule has 0 radical (unpaired) electrons. The van der Waals surface area contributed by atoms with Crippen LogP contribution in [-0.4, -0.2) is 17.3 Å². The molecule has 3 nitrogen and oxygen atoms in total. The number of halogens is 7. The first-order valence-electron chi connectivity index (χ1n) is 4.78. The van der Waals surface area contributed by atoms with Crippen molar-refractivity contribution in [3.8, 4) is 0 Å². The molecule has 0 fully saturated rings. The highest BCUT2D eigenvalue weighted by Gasteiger charge is 2.59. The largest absolute Gasteiger partial charge is 0.479 e. The summed E-state index contributed by atoms with van der Waals surface area (Å²) in [4.78, 5) is 10.7. The van der Waals surface area contributed by atoms with Crippen LogP contribution in [0.15, 0.2) is 18.2 Å². The monoisotopic (exact) mass is 305 g/mol. The Kier molecular flexibility index (Phi) is 3.74. The van der Waals surface area contributed by atoms with Crippen LogP contribution in [0.3, 0.4) is 0 Å². The van der Waals surface area contributed by atoms with Crippen molar-refractivity contribution >= 4 is 5.97 Å². The number of aliphatic carboxylic acids is 1. The van der Waals surface area contributed by atoms with Gasteiger partial charge in [-0.25, -0.2) is 9.18 Å². The fourth-order valence-corrected chi connectivity index (χ4v) is 1.40. The van der Waals surface area contributed by atoms with Crippen LogP contribution < -0.4 is 5.73 Å². The number of alkyl halides is 6.